The minimum atomic E-state index is -0.527. The van der Waals surface area contributed by atoms with Crippen molar-refractivity contribution in [1.29, 1.82) is 0 Å². The average molecular weight is 190 g/mol. The largest absolute Gasteiger partial charge is 0.370 e. The summed E-state index contributed by atoms with van der Waals surface area (Å²) in [6.07, 6.45) is 0. The first-order valence-electron chi connectivity index (χ1n) is 4.70. The first kappa shape index (κ1) is 9.06. The van der Waals surface area contributed by atoms with Gasteiger partial charge in [0.1, 0.15) is 5.54 Å². The second kappa shape index (κ2) is 2.74. The summed E-state index contributed by atoms with van der Waals surface area (Å²) in [7, 11) is 0. The van der Waals surface area contributed by atoms with Gasteiger partial charge in [0.2, 0.25) is 5.91 Å². The Morgan fingerprint density at radius 2 is 2.00 bits per heavy atom. The SMILES string of the molecule is Cc1cccc2c1NC(=O)C(C)(C)N2. The van der Waals surface area contributed by atoms with E-state index in [4.69, 9.17) is 0 Å². The number of amides is 1. The Labute approximate surface area is 83.5 Å². The number of rotatable bonds is 0. The summed E-state index contributed by atoms with van der Waals surface area (Å²) < 4.78 is 0. The molecule has 14 heavy (non-hydrogen) atoms. The normalized spacial score (nSPS) is 18.1. The first-order chi connectivity index (χ1) is 6.50. The average Bonchev–Trinajstić information content (AvgIpc) is 2.08. The van der Waals surface area contributed by atoms with Gasteiger partial charge in [-0.3, -0.25) is 4.79 Å². The molecule has 1 aliphatic heterocycles. The van der Waals surface area contributed by atoms with E-state index in [1.807, 2.05) is 39.0 Å². The number of hydrogen-bond acceptors (Lipinski definition) is 2. The van der Waals surface area contributed by atoms with E-state index >= 15 is 0 Å². The van der Waals surface area contributed by atoms with E-state index in [1.54, 1.807) is 0 Å². The van der Waals surface area contributed by atoms with E-state index in [0.717, 1.165) is 16.9 Å². The lowest BCUT2D eigenvalue weighted by Crippen LogP contribution is -2.47. The number of hydrogen-bond donors (Lipinski definition) is 2. The fraction of sp³-hybridized carbons (Fsp3) is 0.364. The van der Waals surface area contributed by atoms with Crippen LogP contribution in [0.25, 0.3) is 0 Å². The molecular formula is C11H14N2O. The molecule has 1 amide bonds. The van der Waals surface area contributed by atoms with Crippen LogP contribution in [0.4, 0.5) is 11.4 Å². The van der Waals surface area contributed by atoms with Gasteiger partial charge in [-0.05, 0) is 32.4 Å². The monoisotopic (exact) mass is 190 g/mol. The molecule has 2 rings (SSSR count). The molecule has 0 aliphatic carbocycles. The predicted octanol–water partition coefficient (Wildman–Crippen LogP) is 2.14. The highest BCUT2D eigenvalue weighted by Gasteiger charge is 2.32. The van der Waals surface area contributed by atoms with Crippen LogP contribution in [0.3, 0.4) is 0 Å². The summed E-state index contributed by atoms with van der Waals surface area (Å²) in [5.41, 5.74) is 2.45. The molecule has 1 aromatic rings. The van der Waals surface area contributed by atoms with Crippen molar-refractivity contribution < 1.29 is 4.79 Å². The molecular weight excluding hydrogens is 176 g/mol. The summed E-state index contributed by atoms with van der Waals surface area (Å²) in [5.74, 6) is 0.0132. The number of anilines is 2. The van der Waals surface area contributed by atoms with E-state index in [1.165, 1.54) is 0 Å². The molecule has 0 fully saturated rings. The van der Waals surface area contributed by atoms with Crippen molar-refractivity contribution in [1.82, 2.24) is 0 Å². The summed E-state index contributed by atoms with van der Waals surface area (Å²) in [4.78, 5) is 11.7. The van der Waals surface area contributed by atoms with E-state index < -0.39 is 5.54 Å². The van der Waals surface area contributed by atoms with Crippen LogP contribution in [0, 0.1) is 6.92 Å². The van der Waals surface area contributed by atoms with Crippen LogP contribution in [-0.4, -0.2) is 11.4 Å². The third kappa shape index (κ3) is 1.25. The van der Waals surface area contributed by atoms with Crippen molar-refractivity contribution in [3.05, 3.63) is 23.8 Å². The molecule has 0 saturated heterocycles. The number of para-hydroxylation sites is 1. The minimum Gasteiger partial charge on any atom is -0.370 e. The predicted molar refractivity (Wildman–Crippen MR) is 57.5 cm³/mol. The van der Waals surface area contributed by atoms with Gasteiger partial charge in [0.05, 0.1) is 11.4 Å². The van der Waals surface area contributed by atoms with Gasteiger partial charge in [-0.25, -0.2) is 0 Å². The second-order valence-electron chi connectivity index (χ2n) is 4.20. The van der Waals surface area contributed by atoms with Crippen molar-refractivity contribution in [2.24, 2.45) is 0 Å². The third-order valence-corrected chi connectivity index (χ3v) is 2.53. The van der Waals surface area contributed by atoms with Gasteiger partial charge in [-0.2, -0.15) is 0 Å². The topological polar surface area (TPSA) is 41.1 Å². The van der Waals surface area contributed by atoms with Gasteiger partial charge in [-0.15, -0.1) is 0 Å². The molecule has 74 valence electrons. The number of carbonyl (C=O) groups is 1. The van der Waals surface area contributed by atoms with E-state index in [0.29, 0.717) is 0 Å². The Hall–Kier alpha value is -1.51. The Kier molecular flexibility index (Phi) is 1.77. The molecule has 3 heteroatoms. The molecule has 3 nitrogen and oxygen atoms in total. The number of carbonyl (C=O) groups excluding carboxylic acids is 1. The highest BCUT2D eigenvalue weighted by atomic mass is 16.2. The van der Waals surface area contributed by atoms with E-state index in [-0.39, 0.29) is 5.91 Å². The van der Waals surface area contributed by atoms with Crippen LogP contribution in [0.5, 0.6) is 0 Å². The first-order valence-corrected chi connectivity index (χ1v) is 4.70. The molecule has 1 heterocycles. The zero-order valence-electron chi connectivity index (χ0n) is 8.64. The molecule has 1 aromatic carbocycles. The number of aryl methyl sites for hydroxylation is 1. The highest BCUT2D eigenvalue weighted by Crippen LogP contribution is 2.32. The standard InChI is InChI=1S/C11H14N2O/c1-7-5-4-6-8-9(7)12-10(14)11(2,3)13-8/h4-6,13H,1-3H3,(H,12,14). The Balaban J connectivity index is 2.51. The summed E-state index contributed by atoms with van der Waals surface area (Å²) in [5, 5.41) is 6.13. The molecule has 1 aliphatic rings. The highest BCUT2D eigenvalue weighted by molar-refractivity contribution is 6.06. The lowest BCUT2D eigenvalue weighted by molar-refractivity contribution is -0.119. The number of benzene rings is 1. The van der Waals surface area contributed by atoms with Crippen LogP contribution in [0.2, 0.25) is 0 Å². The molecule has 0 atom stereocenters. The molecule has 0 unspecified atom stereocenters. The lowest BCUT2D eigenvalue weighted by atomic mass is 9.98. The second-order valence-corrected chi connectivity index (χ2v) is 4.20. The summed E-state index contributed by atoms with van der Waals surface area (Å²) in [6, 6.07) is 5.94. The zero-order chi connectivity index (χ0) is 10.3. The molecule has 0 radical (unpaired) electrons. The third-order valence-electron chi connectivity index (χ3n) is 2.53. The van der Waals surface area contributed by atoms with E-state index in [9.17, 15) is 4.79 Å². The van der Waals surface area contributed by atoms with Crippen LogP contribution in [-0.2, 0) is 4.79 Å². The Morgan fingerprint density at radius 3 is 2.71 bits per heavy atom. The van der Waals surface area contributed by atoms with Crippen LogP contribution in [0.15, 0.2) is 18.2 Å². The van der Waals surface area contributed by atoms with Crippen LogP contribution in [0.1, 0.15) is 19.4 Å². The van der Waals surface area contributed by atoms with Gasteiger partial charge < -0.3 is 10.6 Å². The summed E-state index contributed by atoms with van der Waals surface area (Å²) in [6.45, 7) is 5.72. The molecule has 0 spiro atoms. The van der Waals surface area contributed by atoms with Crippen molar-refractivity contribution in [3.63, 3.8) is 0 Å². The van der Waals surface area contributed by atoms with Gasteiger partial charge in [-0.1, -0.05) is 12.1 Å². The van der Waals surface area contributed by atoms with Crippen LogP contribution < -0.4 is 10.6 Å². The van der Waals surface area contributed by atoms with Gasteiger partial charge >= 0.3 is 0 Å². The number of fused-ring (bicyclic) bond motifs is 1. The summed E-state index contributed by atoms with van der Waals surface area (Å²) >= 11 is 0. The van der Waals surface area contributed by atoms with Crippen molar-refractivity contribution >= 4 is 17.3 Å². The van der Waals surface area contributed by atoms with Gasteiger partial charge in [0.15, 0.2) is 0 Å². The van der Waals surface area contributed by atoms with Crippen molar-refractivity contribution in [2.45, 2.75) is 26.3 Å². The van der Waals surface area contributed by atoms with Crippen molar-refractivity contribution in [3.8, 4) is 0 Å². The molecule has 0 bridgehead atoms. The van der Waals surface area contributed by atoms with E-state index in [2.05, 4.69) is 10.6 Å². The van der Waals surface area contributed by atoms with Crippen LogP contribution >= 0.6 is 0 Å². The Morgan fingerprint density at radius 1 is 1.29 bits per heavy atom. The van der Waals surface area contributed by atoms with Gasteiger partial charge in [0.25, 0.3) is 0 Å². The minimum absolute atomic E-state index is 0.0132. The number of nitrogens with one attached hydrogen (secondary N) is 2. The van der Waals surface area contributed by atoms with Gasteiger partial charge in [0, 0.05) is 0 Å². The molecule has 0 saturated carbocycles. The molecule has 2 N–H and O–H groups in total. The van der Waals surface area contributed by atoms with Crippen molar-refractivity contribution in [2.75, 3.05) is 10.6 Å². The zero-order valence-corrected chi connectivity index (χ0v) is 8.64. The fourth-order valence-corrected chi connectivity index (χ4v) is 1.60. The molecule has 0 aromatic heterocycles. The smallest absolute Gasteiger partial charge is 0.249 e. The maximum absolute atomic E-state index is 11.7. The quantitative estimate of drug-likeness (QED) is 0.658. The maximum Gasteiger partial charge on any atom is 0.249 e. The maximum atomic E-state index is 11.7. The Bertz CT molecular complexity index is 396. The lowest BCUT2D eigenvalue weighted by Gasteiger charge is -2.33. The fourth-order valence-electron chi connectivity index (χ4n) is 1.60.